The Hall–Kier alpha value is -2.53. The molecule has 1 amide bonds. The van der Waals surface area contributed by atoms with Gasteiger partial charge in [0.15, 0.2) is 0 Å². The minimum absolute atomic E-state index is 0.117. The lowest BCUT2D eigenvalue weighted by Crippen LogP contribution is -2.23. The van der Waals surface area contributed by atoms with Crippen LogP contribution in [0.3, 0.4) is 0 Å². The summed E-state index contributed by atoms with van der Waals surface area (Å²) >= 11 is 0. The third-order valence-electron chi connectivity index (χ3n) is 4.62. The monoisotopic (exact) mass is 383 g/mol. The van der Waals surface area contributed by atoms with Crippen LogP contribution in [0.5, 0.6) is 11.5 Å². The molecule has 0 bridgehead atoms. The topological polar surface area (TPSA) is 56.8 Å². The summed E-state index contributed by atoms with van der Waals surface area (Å²) < 4.78 is 17.2. The number of hydrogen-bond acceptors (Lipinski definition) is 4. The van der Waals surface area contributed by atoms with Crippen molar-refractivity contribution in [1.82, 2.24) is 5.32 Å². The molecule has 1 aliphatic rings. The number of benzene rings is 2. The van der Waals surface area contributed by atoms with E-state index in [1.54, 1.807) is 0 Å². The van der Waals surface area contributed by atoms with Crippen molar-refractivity contribution < 1.29 is 19.0 Å². The van der Waals surface area contributed by atoms with Crippen molar-refractivity contribution in [3.8, 4) is 11.5 Å². The number of ether oxygens (including phenoxy) is 3. The van der Waals surface area contributed by atoms with Gasteiger partial charge in [-0.1, -0.05) is 12.1 Å². The third kappa shape index (κ3) is 5.04. The van der Waals surface area contributed by atoms with Crippen LogP contribution in [0, 0.1) is 0 Å². The third-order valence-corrected chi connectivity index (χ3v) is 4.62. The quantitative estimate of drug-likeness (QED) is 0.740. The van der Waals surface area contributed by atoms with Gasteiger partial charge in [-0.3, -0.25) is 4.79 Å². The first-order valence-corrected chi connectivity index (χ1v) is 9.90. The normalized spacial score (nSPS) is 15.2. The summed E-state index contributed by atoms with van der Waals surface area (Å²) in [6.45, 7) is 9.53. The first-order chi connectivity index (χ1) is 13.5. The number of fused-ring (bicyclic) bond motifs is 1. The standard InChI is InChI=1S/C23H29NO4/c1-5-26-21-11-19-10-16(4)28-22(19)12-20(21)13-24-23(25)18-8-6-17(7-9-18)14-27-15(2)3/h6-9,11-12,15-16H,5,10,13-14H2,1-4H3,(H,24,25)/t16-/m1/s1. The number of amides is 1. The van der Waals surface area contributed by atoms with Crippen molar-refractivity contribution in [3.05, 3.63) is 58.7 Å². The van der Waals surface area contributed by atoms with E-state index in [9.17, 15) is 4.79 Å². The van der Waals surface area contributed by atoms with E-state index in [0.29, 0.717) is 25.3 Å². The second-order valence-electron chi connectivity index (χ2n) is 7.37. The molecular weight excluding hydrogens is 354 g/mol. The molecule has 0 radical (unpaired) electrons. The number of hydrogen-bond donors (Lipinski definition) is 1. The zero-order valence-electron chi connectivity index (χ0n) is 17.1. The van der Waals surface area contributed by atoms with Gasteiger partial charge in [-0.15, -0.1) is 0 Å². The summed E-state index contributed by atoms with van der Waals surface area (Å²) in [6, 6.07) is 11.5. The molecule has 0 unspecified atom stereocenters. The molecule has 0 saturated carbocycles. The highest BCUT2D eigenvalue weighted by molar-refractivity contribution is 5.94. The Labute approximate surface area is 167 Å². The molecule has 2 aromatic rings. The van der Waals surface area contributed by atoms with E-state index < -0.39 is 0 Å². The molecule has 28 heavy (non-hydrogen) atoms. The maximum atomic E-state index is 12.5. The zero-order chi connectivity index (χ0) is 20.1. The fourth-order valence-corrected chi connectivity index (χ4v) is 3.20. The van der Waals surface area contributed by atoms with Crippen molar-refractivity contribution in [2.75, 3.05) is 6.61 Å². The number of nitrogens with one attached hydrogen (secondary N) is 1. The molecule has 150 valence electrons. The van der Waals surface area contributed by atoms with Crippen LogP contribution in [0.4, 0.5) is 0 Å². The summed E-state index contributed by atoms with van der Waals surface area (Å²) in [5.74, 6) is 1.57. The van der Waals surface area contributed by atoms with E-state index in [1.807, 2.05) is 57.2 Å². The van der Waals surface area contributed by atoms with Crippen LogP contribution in [-0.2, 0) is 24.3 Å². The molecule has 1 heterocycles. The van der Waals surface area contributed by atoms with Crippen LogP contribution < -0.4 is 14.8 Å². The van der Waals surface area contributed by atoms with Gasteiger partial charge < -0.3 is 19.5 Å². The van der Waals surface area contributed by atoms with E-state index in [2.05, 4.69) is 12.2 Å². The molecule has 0 aromatic heterocycles. The minimum atomic E-state index is -0.117. The molecule has 5 heteroatoms. The summed E-state index contributed by atoms with van der Waals surface area (Å²) in [5.41, 5.74) is 3.75. The van der Waals surface area contributed by atoms with Gasteiger partial charge in [-0.05, 0) is 57.5 Å². The first kappa shape index (κ1) is 20.2. The fraction of sp³-hybridized carbons (Fsp3) is 0.435. The van der Waals surface area contributed by atoms with Gasteiger partial charge in [0.1, 0.15) is 17.6 Å². The Kier molecular flexibility index (Phi) is 6.57. The van der Waals surface area contributed by atoms with Gasteiger partial charge in [-0.2, -0.15) is 0 Å². The van der Waals surface area contributed by atoms with Crippen LogP contribution in [0.15, 0.2) is 36.4 Å². The minimum Gasteiger partial charge on any atom is -0.494 e. The predicted octanol–water partition coefficient (Wildman–Crippen LogP) is 4.26. The largest absolute Gasteiger partial charge is 0.494 e. The van der Waals surface area contributed by atoms with Gasteiger partial charge in [0, 0.05) is 29.7 Å². The lowest BCUT2D eigenvalue weighted by molar-refractivity contribution is 0.0657. The Bertz CT molecular complexity index is 814. The van der Waals surface area contributed by atoms with Crippen LogP contribution >= 0.6 is 0 Å². The fourth-order valence-electron chi connectivity index (χ4n) is 3.20. The lowest BCUT2D eigenvalue weighted by atomic mass is 10.1. The molecule has 5 nitrogen and oxygen atoms in total. The summed E-state index contributed by atoms with van der Waals surface area (Å²) in [7, 11) is 0. The van der Waals surface area contributed by atoms with Gasteiger partial charge >= 0.3 is 0 Å². The summed E-state index contributed by atoms with van der Waals surface area (Å²) in [5, 5.41) is 2.98. The lowest BCUT2D eigenvalue weighted by Gasteiger charge is -2.13. The average Bonchev–Trinajstić information content (AvgIpc) is 3.03. The Morgan fingerprint density at radius 2 is 2.00 bits per heavy atom. The molecule has 1 aliphatic heterocycles. The van der Waals surface area contributed by atoms with Gasteiger partial charge in [0.25, 0.3) is 5.91 Å². The zero-order valence-corrected chi connectivity index (χ0v) is 17.1. The molecule has 2 aromatic carbocycles. The molecule has 1 atom stereocenters. The molecule has 3 rings (SSSR count). The van der Waals surface area contributed by atoms with Gasteiger partial charge in [-0.25, -0.2) is 0 Å². The van der Waals surface area contributed by atoms with Crippen LogP contribution in [-0.4, -0.2) is 24.7 Å². The Morgan fingerprint density at radius 3 is 2.68 bits per heavy atom. The number of rotatable bonds is 8. The van der Waals surface area contributed by atoms with E-state index in [-0.39, 0.29) is 18.1 Å². The highest BCUT2D eigenvalue weighted by Gasteiger charge is 2.22. The van der Waals surface area contributed by atoms with Crippen molar-refractivity contribution in [3.63, 3.8) is 0 Å². The highest BCUT2D eigenvalue weighted by atomic mass is 16.5. The van der Waals surface area contributed by atoms with E-state index in [0.717, 1.165) is 34.6 Å². The average molecular weight is 383 g/mol. The predicted molar refractivity (Wildman–Crippen MR) is 109 cm³/mol. The van der Waals surface area contributed by atoms with Gasteiger partial charge in [0.2, 0.25) is 0 Å². The molecule has 0 fully saturated rings. The molecule has 0 aliphatic carbocycles. The van der Waals surface area contributed by atoms with Crippen molar-refractivity contribution >= 4 is 5.91 Å². The Balaban J connectivity index is 1.65. The number of carbonyl (C=O) groups excluding carboxylic acids is 1. The van der Waals surface area contributed by atoms with E-state index >= 15 is 0 Å². The van der Waals surface area contributed by atoms with Crippen LogP contribution in [0.25, 0.3) is 0 Å². The highest BCUT2D eigenvalue weighted by Crippen LogP contribution is 2.35. The maximum absolute atomic E-state index is 12.5. The van der Waals surface area contributed by atoms with Crippen molar-refractivity contribution in [1.29, 1.82) is 0 Å². The van der Waals surface area contributed by atoms with Crippen molar-refractivity contribution in [2.45, 2.75) is 59.5 Å². The number of carbonyl (C=O) groups is 1. The molecule has 0 saturated heterocycles. The summed E-state index contributed by atoms with van der Waals surface area (Å²) in [6.07, 6.45) is 1.24. The van der Waals surface area contributed by atoms with Gasteiger partial charge in [0.05, 0.1) is 19.3 Å². The maximum Gasteiger partial charge on any atom is 0.251 e. The van der Waals surface area contributed by atoms with E-state index in [1.165, 1.54) is 0 Å². The van der Waals surface area contributed by atoms with Crippen LogP contribution in [0.1, 0.15) is 54.7 Å². The van der Waals surface area contributed by atoms with E-state index in [4.69, 9.17) is 14.2 Å². The second-order valence-corrected chi connectivity index (χ2v) is 7.37. The van der Waals surface area contributed by atoms with Crippen molar-refractivity contribution in [2.24, 2.45) is 0 Å². The van der Waals surface area contributed by atoms with Crippen LogP contribution in [0.2, 0.25) is 0 Å². The summed E-state index contributed by atoms with van der Waals surface area (Å²) in [4.78, 5) is 12.5. The second kappa shape index (κ2) is 9.11. The molecule has 1 N–H and O–H groups in total. The smallest absolute Gasteiger partial charge is 0.251 e. The SMILES string of the molecule is CCOc1cc2c(cc1CNC(=O)c1ccc(COC(C)C)cc1)O[C@H](C)C2. The Morgan fingerprint density at radius 1 is 1.25 bits per heavy atom. The first-order valence-electron chi connectivity index (χ1n) is 9.90. The molecular formula is C23H29NO4. The molecule has 0 spiro atoms.